The van der Waals surface area contributed by atoms with Gasteiger partial charge < -0.3 is 19.2 Å². The standard InChI is InChI=1S/C23H24ClNO5S/c1-28-18-7-9-21(29-2)16(13-18)11-12-25-23(26)22-10-8-19(30-22)15-31(27)14-17-5-3-4-6-20(17)24/h3-10,13H,11-12,14-15H2,1-2H3,(H,25,26)/t31-/m0/s1. The first-order chi connectivity index (χ1) is 15.0. The van der Waals surface area contributed by atoms with E-state index in [0.717, 1.165) is 22.6 Å². The van der Waals surface area contributed by atoms with Crippen LogP contribution in [0.4, 0.5) is 0 Å². The van der Waals surface area contributed by atoms with E-state index in [1.54, 1.807) is 32.4 Å². The lowest BCUT2D eigenvalue weighted by Crippen LogP contribution is -2.25. The molecule has 8 heteroatoms. The first-order valence-electron chi connectivity index (χ1n) is 9.66. The summed E-state index contributed by atoms with van der Waals surface area (Å²) in [6, 6.07) is 16.1. The number of halogens is 1. The summed E-state index contributed by atoms with van der Waals surface area (Å²) in [4.78, 5) is 12.4. The molecule has 164 valence electrons. The van der Waals surface area contributed by atoms with Crippen molar-refractivity contribution in [3.63, 3.8) is 0 Å². The molecular weight excluding hydrogens is 438 g/mol. The van der Waals surface area contributed by atoms with Gasteiger partial charge in [0.05, 0.1) is 25.7 Å². The second kappa shape index (κ2) is 11.0. The van der Waals surface area contributed by atoms with E-state index >= 15 is 0 Å². The number of methoxy groups -OCH3 is 2. The summed E-state index contributed by atoms with van der Waals surface area (Å²) < 4.78 is 28.6. The normalized spacial score (nSPS) is 11.7. The Hall–Kier alpha value is -2.77. The Morgan fingerprint density at radius 1 is 1.03 bits per heavy atom. The molecule has 0 saturated carbocycles. The molecule has 3 aromatic rings. The number of amides is 1. The van der Waals surface area contributed by atoms with Crippen LogP contribution in [0, 0.1) is 0 Å². The number of benzene rings is 2. The number of ether oxygens (including phenoxy) is 2. The fourth-order valence-corrected chi connectivity index (χ4v) is 4.51. The van der Waals surface area contributed by atoms with Crippen LogP contribution in [0.1, 0.15) is 27.4 Å². The fraction of sp³-hybridized carbons (Fsp3) is 0.261. The van der Waals surface area contributed by atoms with Crippen molar-refractivity contribution < 1.29 is 22.9 Å². The Bertz CT molecular complexity index is 1070. The Kier molecular flexibility index (Phi) is 8.14. The molecule has 1 atom stereocenters. The van der Waals surface area contributed by atoms with Gasteiger partial charge in [0.25, 0.3) is 5.91 Å². The molecule has 0 radical (unpaired) electrons. The Balaban J connectivity index is 1.52. The SMILES string of the molecule is COc1ccc(OC)c(CCNC(=O)c2ccc(C[S@@](=O)Cc3ccccc3Cl)o2)c1. The van der Waals surface area contributed by atoms with E-state index in [0.29, 0.717) is 29.5 Å². The van der Waals surface area contributed by atoms with Gasteiger partial charge in [0.1, 0.15) is 17.3 Å². The number of carbonyl (C=O) groups is 1. The second-order valence-electron chi connectivity index (χ2n) is 6.77. The highest BCUT2D eigenvalue weighted by molar-refractivity contribution is 7.83. The lowest BCUT2D eigenvalue weighted by Gasteiger charge is -2.10. The molecule has 0 aliphatic heterocycles. The van der Waals surface area contributed by atoms with Gasteiger partial charge in [-0.05, 0) is 53.9 Å². The van der Waals surface area contributed by atoms with Gasteiger partial charge in [0.15, 0.2) is 5.76 Å². The highest BCUT2D eigenvalue weighted by atomic mass is 35.5. The van der Waals surface area contributed by atoms with Crippen LogP contribution in [0.2, 0.25) is 5.02 Å². The Morgan fingerprint density at radius 3 is 2.58 bits per heavy atom. The molecule has 1 N–H and O–H groups in total. The third kappa shape index (κ3) is 6.35. The van der Waals surface area contributed by atoms with Crippen LogP contribution in [-0.4, -0.2) is 30.9 Å². The number of nitrogens with one attached hydrogen (secondary N) is 1. The smallest absolute Gasteiger partial charge is 0.287 e. The van der Waals surface area contributed by atoms with Crippen LogP contribution in [-0.2, 0) is 28.7 Å². The molecule has 1 aromatic heterocycles. The van der Waals surface area contributed by atoms with E-state index in [2.05, 4.69) is 5.32 Å². The quantitative estimate of drug-likeness (QED) is 0.485. The van der Waals surface area contributed by atoms with Crippen LogP contribution >= 0.6 is 11.6 Å². The van der Waals surface area contributed by atoms with Gasteiger partial charge in [0, 0.05) is 22.4 Å². The first-order valence-corrected chi connectivity index (χ1v) is 11.5. The average molecular weight is 462 g/mol. The van der Waals surface area contributed by atoms with Gasteiger partial charge in [-0.1, -0.05) is 29.8 Å². The predicted molar refractivity (Wildman–Crippen MR) is 121 cm³/mol. The van der Waals surface area contributed by atoms with Crippen LogP contribution in [0.15, 0.2) is 59.0 Å². The van der Waals surface area contributed by atoms with Gasteiger partial charge in [-0.2, -0.15) is 0 Å². The van der Waals surface area contributed by atoms with E-state index < -0.39 is 10.8 Å². The summed E-state index contributed by atoms with van der Waals surface area (Å²) in [6.45, 7) is 0.400. The lowest BCUT2D eigenvalue weighted by molar-refractivity contribution is 0.0925. The molecule has 31 heavy (non-hydrogen) atoms. The van der Waals surface area contributed by atoms with E-state index in [-0.39, 0.29) is 17.4 Å². The summed E-state index contributed by atoms with van der Waals surface area (Å²) in [5.41, 5.74) is 1.75. The number of furan rings is 1. The third-order valence-electron chi connectivity index (χ3n) is 4.63. The zero-order chi connectivity index (χ0) is 22.2. The second-order valence-corrected chi connectivity index (χ2v) is 8.63. The van der Waals surface area contributed by atoms with Crippen LogP contribution in [0.25, 0.3) is 0 Å². The summed E-state index contributed by atoms with van der Waals surface area (Å²) in [5, 5.41) is 3.41. The maximum atomic E-state index is 12.4. The van der Waals surface area contributed by atoms with Crippen molar-refractivity contribution in [1.82, 2.24) is 5.32 Å². The maximum Gasteiger partial charge on any atom is 0.287 e. The molecule has 0 bridgehead atoms. The van der Waals surface area contributed by atoms with Crippen LogP contribution < -0.4 is 14.8 Å². The third-order valence-corrected chi connectivity index (χ3v) is 6.24. The van der Waals surface area contributed by atoms with Crippen molar-refractivity contribution in [3.05, 3.63) is 82.3 Å². The molecular formula is C23H24ClNO5S. The van der Waals surface area contributed by atoms with E-state index in [1.165, 1.54) is 0 Å². The molecule has 0 spiro atoms. The molecule has 0 unspecified atom stereocenters. The van der Waals surface area contributed by atoms with Crippen molar-refractivity contribution in [2.45, 2.75) is 17.9 Å². The van der Waals surface area contributed by atoms with Gasteiger partial charge in [0.2, 0.25) is 0 Å². The average Bonchev–Trinajstić information content (AvgIpc) is 3.23. The van der Waals surface area contributed by atoms with Gasteiger partial charge in [-0.25, -0.2) is 0 Å². The summed E-state index contributed by atoms with van der Waals surface area (Å²) in [7, 11) is 2.00. The van der Waals surface area contributed by atoms with E-state index in [1.807, 2.05) is 36.4 Å². The highest BCUT2D eigenvalue weighted by Gasteiger charge is 2.14. The van der Waals surface area contributed by atoms with Gasteiger partial charge in [-0.15, -0.1) is 0 Å². The minimum atomic E-state index is -1.21. The number of hydrogen-bond acceptors (Lipinski definition) is 5. The highest BCUT2D eigenvalue weighted by Crippen LogP contribution is 2.24. The number of rotatable bonds is 10. The first kappa shape index (κ1) is 22.9. The predicted octanol–water partition coefficient (Wildman–Crippen LogP) is 4.37. The fourth-order valence-electron chi connectivity index (χ4n) is 3.05. The molecule has 1 amide bonds. The van der Waals surface area contributed by atoms with Crippen molar-refractivity contribution >= 4 is 28.3 Å². The molecule has 1 heterocycles. The molecule has 6 nitrogen and oxygen atoms in total. The van der Waals surface area contributed by atoms with Crippen molar-refractivity contribution in [2.75, 3.05) is 20.8 Å². The minimum absolute atomic E-state index is 0.183. The molecule has 2 aromatic carbocycles. The van der Waals surface area contributed by atoms with E-state index in [9.17, 15) is 9.00 Å². The topological polar surface area (TPSA) is 77.8 Å². The maximum absolute atomic E-state index is 12.4. The van der Waals surface area contributed by atoms with Crippen LogP contribution in [0.3, 0.4) is 0 Å². The van der Waals surface area contributed by atoms with Crippen LogP contribution in [0.5, 0.6) is 11.5 Å². The molecule has 0 saturated heterocycles. The zero-order valence-electron chi connectivity index (χ0n) is 17.4. The van der Waals surface area contributed by atoms with Crippen molar-refractivity contribution in [2.24, 2.45) is 0 Å². The summed E-state index contributed by atoms with van der Waals surface area (Å²) in [6.07, 6.45) is 0.571. The molecule has 0 fully saturated rings. The minimum Gasteiger partial charge on any atom is -0.497 e. The van der Waals surface area contributed by atoms with Crippen molar-refractivity contribution in [1.29, 1.82) is 0 Å². The zero-order valence-corrected chi connectivity index (χ0v) is 18.9. The summed E-state index contributed by atoms with van der Waals surface area (Å²) >= 11 is 6.12. The molecule has 3 rings (SSSR count). The van der Waals surface area contributed by atoms with Gasteiger partial charge in [-0.3, -0.25) is 9.00 Å². The Morgan fingerprint density at radius 2 is 1.84 bits per heavy atom. The number of carbonyl (C=O) groups excluding carboxylic acids is 1. The molecule has 0 aliphatic carbocycles. The van der Waals surface area contributed by atoms with Crippen molar-refractivity contribution in [3.8, 4) is 11.5 Å². The summed E-state index contributed by atoms with van der Waals surface area (Å²) in [5.74, 6) is 2.33. The van der Waals surface area contributed by atoms with Gasteiger partial charge >= 0.3 is 0 Å². The van der Waals surface area contributed by atoms with E-state index in [4.69, 9.17) is 25.5 Å². The number of hydrogen-bond donors (Lipinski definition) is 1. The largest absolute Gasteiger partial charge is 0.497 e. The molecule has 0 aliphatic rings. The Labute approximate surface area is 189 Å². The lowest BCUT2D eigenvalue weighted by atomic mass is 10.1. The monoisotopic (exact) mass is 461 g/mol.